The van der Waals surface area contributed by atoms with E-state index in [1.165, 1.54) is 14.2 Å². The zero-order valence-electron chi connectivity index (χ0n) is 23.5. The molecular formula is C31H34O8. The van der Waals surface area contributed by atoms with Crippen molar-refractivity contribution in [3.8, 4) is 11.5 Å². The third-order valence-electron chi connectivity index (χ3n) is 7.03. The molecule has 0 fully saturated rings. The summed E-state index contributed by atoms with van der Waals surface area (Å²) in [5.74, 6) is -1.10. The maximum Gasteiger partial charge on any atom is 0.345 e. The van der Waals surface area contributed by atoms with Crippen LogP contribution in [0.2, 0.25) is 0 Å². The molecule has 8 nitrogen and oxygen atoms in total. The highest BCUT2D eigenvalue weighted by molar-refractivity contribution is 6.41. The Labute approximate surface area is 228 Å². The molecule has 39 heavy (non-hydrogen) atoms. The van der Waals surface area contributed by atoms with Crippen LogP contribution < -0.4 is 9.47 Å². The summed E-state index contributed by atoms with van der Waals surface area (Å²) >= 11 is 0. The normalized spacial score (nSPS) is 16.1. The van der Waals surface area contributed by atoms with Crippen LogP contribution in [0.25, 0.3) is 11.1 Å². The van der Waals surface area contributed by atoms with E-state index in [4.69, 9.17) is 18.9 Å². The van der Waals surface area contributed by atoms with Gasteiger partial charge in [0.1, 0.15) is 11.5 Å². The summed E-state index contributed by atoms with van der Waals surface area (Å²) in [4.78, 5) is 50.4. The Balaban J connectivity index is 1.93. The zero-order chi connectivity index (χ0) is 28.6. The van der Waals surface area contributed by atoms with Crippen molar-refractivity contribution in [2.24, 2.45) is 0 Å². The number of hydrogen-bond donors (Lipinski definition) is 0. The van der Waals surface area contributed by atoms with Crippen molar-refractivity contribution in [3.63, 3.8) is 0 Å². The van der Waals surface area contributed by atoms with Crippen molar-refractivity contribution < 1.29 is 38.1 Å². The van der Waals surface area contributed by atoms with Gasteiger partial charge in [-0.05, 0) is 53.0 Å². The number of aryl methyl sites for hydroxylation is 2. The van der Waals surface area contributed by atoms with Gasteiger partial charge in [0, 0.05) is 29.5 Å². The minimum absolute atomic E-state index is 0.0224. The third kappa shape index (κ3) is 5.46. The van der Waals surface area contributed by atoms with E-state index >= 15 is 0 Å². The summed E-state index contributed by atoms with van der Waals surface area (Å²) in [6.45, 7) is 10.00. The average molecular weight is 535 g/mol. The summed E-state index contributed by atoms with van der Waals surface area (Å²) in [6, 6.07) is 7.47. The van der Waals surface area contributed by atoms with E-state index < -0.39 is 11.9 Å². The first kappa shape index (κ1) is 28.1. The second-order valence-electron chi connectivity index (χ2n) is 11.2. The monoisotopic (exact) mass is 534 g/mol. The highest BCUT2D eigenvalue weighted by atomic mass is 16.6. The van der Waals surface area contributed by atoms with E-state index in [1.807, 2.05) is 46.8 Å². The molecule has 2 aromatic carbocycles. The Morgan fingerprint density at radius 3 is 1.69 bits per heavy atom. The lowest BCUT2D eigenvalue weighted by atomic mass is 9.82. The molecule has 2 aromatic rings. The maximum absolute atomic E-state index is 13.4. The Bertz CT molecular complexity index is 1400. The SMILES string of the molecule is COC(=O)CCc1cc2c(c(C(C)C)c1)OC(=O)/C2=C1/C(=O)Oc2c1cc(CCC(=O)OC)cc2C(C)(C)C. The molecule has 0 unspecified atom stereocenters. The fourth-order valence-electron chi connectivity index (χ4n) is 4.95. The molecule has 206 valence electrons. The van der Waals surface area contributed by atoms with Crippen LogP contribution in [0.1, 0.15) is 86.8 Å². The van der Waals surface area contributed by atoms with Gasteiger partial charge in [-0.15, -0.1) is 0 Å². The van der Waals surface area contributed by atoms with Gasteiger partial charge in [-0.1, -0.05) is 46.8 Å². The minimum atomic E-state index is -0.633. The van der Waals surface area contributed by atoms with E-state index in [-0.39, 0.29) is 47.3 Å². The summed E-state index contributed by atoms with van der Waals surface area (Å²) in [7, 11) is 2.68. The summed E-state index contributed by atoms with van der Waals surface area (Å²) in [6.07, 6.45) is 1.15. The van der Waals surface area contributed by atoms with E-state index in [2.05, 4.69) is 0 Å². The highest BCUT2D eigenvalue weighted by Crippen LogP contribution is 2.50. The number of rotatable bonds is 7. The van der Waals surface area contributed by atoms with Gasteiger partial charge in [0.05, 0.1) is 25.4 Å². The topological polar surface area (TPSA) is 105 Å². The molecule has 2 heterocycles. The molecule has 0 aromatic heterocycles. The fraction of sp³-hybridized carbons (Fsp3) is 0.419. The van der Waals surface area contributed by atoms with E-state index in [0.717, 1.165) is 22.3 Å². The van der Waals surface area contributed by atoms with E-state index in [9.17, 15) is 19.2 Å². The van der Waals surface area contributed by atoms with Crippen molar-refractivity contribution in [2.75, 3.05) is 14.2 Å². The van der Waals surface area contributed by atoms with Gasteiger partial charge < -0.3 is 18.9 Å². The molecule has 8 heteroatoms. The number of carbonyl (C=O) groups excluding carboxylic acids is 4. The fourth-order valence-corrected chi connectivity index (χ4v) is 4.95. The van der Waals surface area contributed by atoms with Crippen molar-refractivity contribution in [1.29, 1.82) is 0 Å². The number of carbonyl (C=O) groups is 4. The molecule has 0 saturated carbocycles. The summed E-state index contributed by atoms with van der Waals surface area (Å²) in [5.41, 5.74) is 4.15. The zero-order valence-corrected chi connectivity index (χ0v) is 23.5. The third-order valence-corrected chi connectivity index (χ3v) is 7.03. The van der Waals surface area contributed by atoms with Crippen molar-refractivity contribution in [2.45, 2.75) is 71.6 Å². The molecular weight excluding hydrogens is 500 g/mol. The van der Waals surface area contributed by atoms with Crippen LogP contribution in [-0.4, -0.2) is 38.1 Å². The number of hydrogen-bond acceptors (Lipinski definition) is 8. The van der Waals surface area contributed by atoms with Crippen LogP contribution >= 0.6 is 0 Å². The van der Waals surface area contributed by atoms with Crippen LogP contribution in [0.3, 0.4) is 0 Å². The molecule has 2 aliphatic heterocycles. The van der Waals surface area contributed by atoms with Gasteiger partial charge in [0.2, 0.25) is 0 Å². The van der Waals surface area contributed by atoms with E-state index in [1.54, 1.807) is 12.1 Å². The Morgan fingerprint density at radius 2 is 1.23 bits per heavy atom. The van der Waals surface area contributed by atoms with Crippen LogP contribution in [0.4, 0.5) is 0 Å². The Kier molecular flexibility index (Phi) is 7.68. The number of fused-ring (bicyclic) bond motifs is 2. The van der Waals surface area contributed by atoms with E-state index in [0.29, 0.717) is 35.5 Å². The van der Waals surface area contributed by atoms with Gasteiger partial charge in [-0.3, -0.25) is 9.59 Å². The molecule has 0 saturated heterocycles. The molecule has 2 aliphatic rings. The Morgan fingerprint density at radius 1 is 0.769 bits per heavy atom. The molecule has 4 rings (SSSR count). The smallest absolute Gasteiger partial charge is 0.345 e. The predicted molar refractivity (Wildman–Crippen MR) is 144 cm³/mol. The lowest BCUT2D eigenvalue weighted by Gasteiger charge is -2.22. The second kappa shape index (κ2) is 10.7. The molecule has 0 bridgehead atoms. The lowest BCUT2D eigenvalue weighted by Crippen LogP contribution is -2.14. The maximum atomic E-state index is 13.4. The number of ether oxygens (including phenoxy) is 4. The number of methoxy groups -OCH3 is 2. The molecule has 0 radical (unpaired) electrons. The molecule has 0 N–H and O–H groups in total. The number of esters is 4. The van der Waals surface area contributed by atoms with Crippen LogP contribution in [-0.2, 0) is 46.9 Å². The van der Waals surface area contributed by atoms with Crippen LogP contribution in [0.5, 0.6) is 11.5 Å². The highest BCUT2D eigenvalue weighted by Gasteiger charge is 2.42. The molecule has 0 amide bonds. The van der Waals surface area contributed by atoms with Gasteiger partial charge in [0.25, 0.3) is 0 Å². The standard InChI is InChI=1S/C31H34O8/c1-16(2)19-12-17(8-10-23(32)36-6)13-20-25(29(34)38-27(19)20)26-21-14-18(9-11-24(33)37-7)15-22(31(3,4)5)28(21)39-30(26)35/h12-16H,8-11H2,1-7H3/b26-25+. The molecule has 0 aliphatic carbocycles. The van der Waals surface area contributed by atoms with Crippen molar-refractivity contribution in [3.05, 3.63) is 57.6 Å². The van der Waals surface area contributed by atoms with Gasteiger partial charge in [-0.25, -0.2) is 9.59 Å². The Hall–Kier alpha value is -3.94. The lowest BCUT2D eigenvalue weighted by molar-refractivity contribution is -0.141. The van der Waals surface area contributed by atoms with Crippen LogP contribution in [0.15, 0.2) is 24.3 Å². The van der Waals surface area contributed by atoms with Gasteiger partial charge in [-0.2, -0.15) is 0 Å². The van der Waals surface area contributed by atoms with Crippen LogP contribution in [0, 0.1) is 0 Å². The van der Waals surface area contributed by atoms with Gasteiger partial charge in [0.15, 0.2) is 0 Å². The summed E-state index contributed by atoms with van der Waals surface area (Å²) in [5, 5.41) is 0. The number of benzene rings is 2. The first-order valence-electron chi connectivity index (χ1n) is 13.0. The van der Waals surface area contributed by atoms with Gasteiger partial charge >= 0.3 is 23.9 Å². The molecule has 0 spiro atoms. The molecule has 0 atom stereocenters. The predicted octanol–water partition coefficient (Wildman–Crippen LogP) is 5.07. The second-order valence-corrected chi connectivity index (χ2v) is 11.2. The minimum Gasteiger partial charge on any atom is -0.469 e. The van der Waals surface area contributed by atoms with Crippen molar-refractivity contribution >= 4 is 35.0 Å². The first-order chi connectivity index (χ1) is 18.3. The first-order valence-corrected chi connectivity index (χ1v) is 13.0. The average Bonchev–Trinajstić information content (AvgIpc) is 3.37. The largest absolute Gasteiger partial charge is 0.469 e. The quantitative estimate of drug-likeness (QED) is 0.276. The summed E-state index contributed by atoms with van der Waals surface area (Å²) < 4.78 is 21.1. The van der Waals surface area contributed by atoms with Crippen molar-refractivity contribution in [1.82, 2.24) is 0 Å².